The fourth-order valence-electron chi connectivity index (χ4n) is 2.12. The molecule has 0 saturated heterocycles. The third-order valence-electron chi connectivity index (χ3n) is 3.08. The predicted molar refractivity (Wildman–Crippen MR) is 84.3 cm³/mol. The maximum atomic E-state index is 5.58. The number of rotatable bonds is 15. The molecule has 0 aromatic heterocycles. The summed E-state index contributed by atoms with van der Waals surface area (Å²) in [4.78, 5) is 0. The smallest absolute Gasteiger partial charge is 0.0701 e. The lowest BCUT2D eigenvalue weighted by Crippen LogP contribution is -2.31. The largest absolute Gasteiger partial charge is 0.382 e. The van der Waals surface area contributed by atoms with Crippen LogP contribution in [0.5, 0.6) is 0 Å². The Morgan fingerprint density at radius 1 is 0.950 bits per heavy atom. The van der Waals surface area contributed by atoms with E-state index >= 15 is 0 Å². The molecule has 1 atom stereocenters. The molecule has 0 heterocycles. The van der Waals surface area contributed by atoms with Gasteiger partial charge in [-0.2, -0.15) is 0 Å². The second-order valence-corrected chi connectivity index (χ2v) is 5.64. The van der Waals surface area contributed by atoms with E-state index in [-0.39, 0.29) is 0 Å². The van der Waals surface area contributed by atoms with Gasteiger partial charge in [-0.25, -0.2) is 0 Å². The van der Waals surface area contributed by atoms with Crippen molar-refractivity contribution < 1.29 is 14.2 Å². The highest BCUT2D eigenvalue weighted by Crippen LogP contribution is 2.10. The van der Waals surface area contributed by atoms with E-state index in [1.54, 1.807) is 7.11 Å². The van der Waals surface area contributed by atoms with Crippen molar-refractivity contribution in [2.24, 2.45) is 5.92 Å². The second-order valence-electron chi connectivity index (χ2n) is 5.64. The number of ether oxygens (including phenoxy) is 3. The van der Waals surface area contributed by atoms with Crippen molar-refractivity contribution in [1.29, 1.82) is 0 Å². The van der Waals surface area contributed by atoms with E-state index in [4.69, 9.17) is 14.2 Å². The molecular formula is C16H35NO3. The fourth-order valence-corrected chi connectivity index (χ4v) is 2.12. The van der Waals surface area contributed by atoms with Crippen LogP contribution in [0.3, 0.4) is 0 Å². The first-order valence-electron chi connectivity index (χ1n) is 8.08. The lowest BCUT2D eigenvalue weighted by atomic mass is 10.00. The van der Waals surface area contributed by atoms with Gasteiger partial charge >= 0.3 is 0 Å². The summed E-state index contributed by atoms with van der Waals surface area (Å²) in [6, 6.07) is 0.636. The minimum atomic E-state index is 0.636. The molecule has 0 aromatic rings. The molecule has 0 saturated carbocycles. The van der Waals surface area contributed by atoms with Crippen LogP contribution < -0.4 is 5.32 Å². The van der Waals surface area contributed by atoms with Gasteiger partial charge in [0.15, 0.2) is 0 Å². The van der Waals surface area contributed by atoms with Gasteiger partial charge in [0.05, 0.1) is 26.4 Å². The third kappa shape index (κ3) is 14.3. The summed E-state index contributed by atoms with van der Waals surface area (Å²) < 4.78 is 15.8. The van der Waals surface area contributed by atoms with Crippen molar-refractivity contribution >= 4 is 0 Å². The predicted octanol–water partition coefficient (Wildman–Crippen LogP) is 2.86. The first kappa shape index (κ1) is 19.8. The number of hydrogen-bond acceptors (Lipinski definition) is 4. The highest BCUT2D eigenvalue weighted by Gasteiger charge is 2.09. The first-order chi connectivity index (χ1) is 9.70. The Kier molecular flexibility index (Phi) is 15.1. The van der Waals surface area contributed by atoms with Crippen molar-refractivity contribution in [3.05, 3.63) is 0 Å². The summed E-state index contributed by atoms with van der Waals surface area (Å²) in [5.74, 6) is 0.749. The zero-order valence-corrected chi connectivity index (χ0v) is 14.0. The van der Waals surface area contributed by atoms with Gasteiger partial charge in [0.1, 0.15) is 0 Å². The number of hydrogen-bond donors (Lipinski definition) is 1. The molecule has 1 N–H and O–H groups in total. The molecule has 20 heavy (non-hydrogen) atoms. The lowest BCUT2D eigenvalue weighted by molar-refractivity contribution is 0.0236. The quantitative estimate of drug-likeness (QED) is 0.471. The van der Waals surface area contributed by atoms with Crippen molar-refractivity contribution in [3.8, 4) is 0 Å². The molecule has 0 aliphatic heterocycles. The first-order valence-corrected chi connectivity index (χ1v) is 8.08. The van der Waals surface area contributed by atoms with E-state index in [1.165, 1.54) is 19.3 Å². The van der Waals surface area contributed by atoms with E-state index < -0.39 is 0 Å². The minimum absolute atomic E-state index is 0.636. The molecule has 0 aliphatic rings. The van der Waals surface area contributed by atoms with Crippen LogP contribution in [-0.4, -0.2) is 52.7 Å². The van der Waals surface area contributed by atoms with Crippen molar-refractivity contribution in [3.63, 3.8) is 0 Å². The molecule has 4 nitrogen and oxygen atoms in total. The van der Waals surface area contributed by atoms with Gasteiger partial charge in [-0.1, -0.05) is 20.8 Å². The van der Waals surface area contributed by atoms with Crippen LogP contribution in [0.2, 0.25) is 0 Å². The SMILES string of the molecule is CCCNC(CCCOCCOCCOC)CC(C)C. The zero-order valence-electron chi connectivity index (χ0n) is 14.0. The molecule has 0 aromatic carbocycles. The molecule has 0 aliphatic carbocycles. The monoisotopic (exact) mass is 289 g/mol. The molecule has 0 fully saturated rings. The summed E-state index contributed by atoms with van der Waals surface area (Å²) in [6.45, 7) is 11.4. The van der Waals surface area contributed by atoms with E-state index in [0.29, 0.717) is 32.5 Å². The van der Waals surface area contributed by atoms with Crippen LogP contribution in [0.15, 0.2) is 0 Å². The van der Waals surface area contributed by atoms with Crippen LogP contribution in [0.4, 0.5) is 0 Å². The Bertz CT molecular complexity index is 189. The normalized spacial score (nSPS) is 13.1. The van der Waals surface area contributed by atoms with Crippen LogP contribution in [0.25, 0.3) is 0 Å². The summed E-state index contributed by atoms with van der Waals surface area (Å²) in [6.07, 6.45) is 4.76. The topological polar surface area (TPSA) is 39.7 Å². The summed E-state index contributed by atoms with van der Waals surface area (Å²) in [5, 5.41) is 3.63. The van der Waals surface area contributed by atoms with Crippen molar-refractivity contribution in [2.45, 2.75) is 52.5 Å². The Morgan fingerprint density at radius 3 is 2.20 bits per heavy atom. The molecule has 4 heteroatoms. The summed E-state index contributed by atoms with van der Waals surface area (Å²) in [7, 11) is 1.68. The third-order valence-corrected chi connectivity index (χ3v) is 3.08. The summed E-state index contributed by atoms with van der Waals surface area (Å²) in [5.41, 5.74) is 0. The van der Waals surface area contributed by atoms with Crippen molar-refractivity contribution in [2.75, 3.05) is 46.7 Å². The van der Waals surface area contributed by atoms with E-state index in [9.17, 15) is 0 Å². The molecule has 0 rings (SSSR count). The van der Waals surface area contributed by atoms with E-state index in [1.807, 2.05) is 0 Å². The van der Waals surface area contributed by atoms with Gasteiger partial charge in [0.25, 0.3) is 0 Å². The molecule has 0 amide bonds. The van der Waals surface area contributed by atoms with Gasteiger partial charge in [-0.3, -0.25) is 0 Å². The molecule has 122 valence electrons. The standard InChI is InChI=1S/C16H35NO3/c1-5-8-17-16(14-15(2)3)7-6-9-19-12-13-20-11-10-18-4/h15-17H,5-14H2,1-4H3. The highest BCUT2D eigenvalue weighted by molar-refractivity contribution is 4.68. The number of nitrogens with one attached hydrogen (secondary N) is 1. The van der Waals surface area contributed by atoms with Gasteiger partial charge < -0.3 is 19.5 Å². The van der Waals surface area contributed by atoms with Crippen LogP contribution in [-0.2, 0) is 14.2 Å². The summed E-state index contributed by atoms with van der Waals surface area (Å²) >= 11 is 0. The fraction of sp³-hybridized carbons (Fsp3) is 1.00. The lowest BCUT2D eigenvalue weighted by Gasteiger charge is -2.20. The van der Waals surface area contributed by atoms with Crippen LogP contribution in [0, 0.1) is 5.92 Å². The van der Waals surface area contributed by atoms with E-state index in [2.05, 4.69) is 26.1 Å². The average molecular weight is 289 g/mol. The minimum Gasteiger partial charge on any atom is -0.382 e. The van der Waals surface area contributed by atoms with Gasteiger partial charge in [-0.15, -0.1) is 0 Å². The van der Waals surface area contributed by atoms with Gasteiger partial charge in [0, 0.05) is 19.8 Å². The Morgan fingerprint density at radius 2 is 1.60 bits per heavy atom. The molecule has 1 unspecified atom stereocenters. The second kappa shape index (κ2) is 15.2. The Balaban J connectivity index is 3.43. The van der Waals surface area contributed by atoms with Crippen LogP contribution >= 0.6 is 0 Å². The van der Waals surface area contributed by atoms with E-state index in [0.717, 1.165) is 25.5 Å². The Hall–Kier alpha value is -0.160. The maximum absolute atomic E-state index is 5.58. The maximum Gasteiger partial charge on any atom is 0.0701 e. The molecular weight excluding hydrogens is 254 g/mol. The van der Waals surface area contributed by atoms with Crippen molar-refractivity contribution in [1.82, 2.24) is 5.32 Å². The van der Waals surface area contributed by atoms with Crippen LogP contribution in [0.1, 0.15) is 46.5 Å². The Labute approximate surface area is 125 Å². The average Bonchev–Trinajstić information content (AvgIpc) is 2.42. The van der Waals surface area contributed by atoms with Gasteiger partial charge in [0.2, 0.25) is 0 Å². The zero-order chi connectivity index (χ0) is 15.1. The highest BCUT2D eigenvalue weighted by atomic mass is 16.5. The molecule has 0 spiro atoms. The number of methoxy groups -OCH3 is 1. The van der Waals surface area contributed by atoms with Gasteiger partial charge in [-0.05, 0) is 38.1 Å². The molecule has 0 bridgehead atoms. The molecule has 0 radical (unpaired) electrons.